The molecule has 0 amide bonds. The van der Waals surface area contributed by atoms with Gasteiger partial charge in [0.25, 0.3) is 0 Å². The smallest absolute Gasteiger partial charge is 0.120 e. The Hall–Kier alpha value is -1.02. The summed E-state index contributed by atoms with van der Waals surface area (Å²) < 4.78 is 0. The fourth-order valence-corrected chi connectivity index (χ4v) is 1.45. The molecule has 1 aromatic carbocycles. The van der Waals surface area contributed by atoms with Crippen LogP contribution in [0.15, 0.2) is 18.2 Å². The largest absolute Gasteiger partial charge is 0.508 e. The van der Waals surface area contributed by atoms with E-state index in [1.54, 1.807) is 18.2 Å². The standard InChI is InChI=1S/C11H16NO/c1-3-11(12,4-2)9-7-5-6-8-10(9)13/h6-8,13H,3-4,12H2,1-2H3. The fourth-order valence-electron chi connectivity index (χ4n) is 1.45. The minimum Gasteiger partial charge on any atom is -0.508 e. The van der Waals surface area contributed by atoms with E-state index in [0.29, 0.717) is 0 Å². The third kappa shape index (κ3) is 1.83. The number of hydrogen-bond donors (Lipinski definition) is 2. The zero-order valence-corrected chi connectivity index (χ0v) is 8.17. The summed E-state index contributed by atoms with van der Waals surface area (Å²) >= 11 is 0. The first-order chi connectivity index (χ1) is 6.14. The molecule has 0 heterocycles. The van der Waals surface area contributed by atoms with Crippen LogP contribution in [0.5, 0.6) is 5.75 Å². The predicted octanol–water partition coefficient (Wildman–Crippen LogP) is 2.17. The molecular formula is C11H16NO. The van der Waals surface area contributed by atoms with Crippen molar-refractivity contribution in [3.05, 3.63) is 29.8 Å². The third-order valence-corrected chi connectivity index (χ3v) is 2.64. The molecule has 1 rings (SSSR count). The van der Waals surface area contributed by atoms with Crippen LogP contribution < -0.4 is 5.73 Å². The summed E-state index contributed by atoms with van der Waals surface area (Å²) in [5.41, 5.74) is 6.52. The highest BCUT2D eigenvalue weighted by atomic mass is 16.3. The minimum absolute atomic E-state index is 0.268. The van der Waals surface area contributed by atoms with Crippen molar-refractivity contribution in [3.8, 4) is 5.75 Å². The zero-order valence-electron chi connectivity index (χ0n) is 8.17. The van der Waals surface area contributed by atoms with Crippen LogP contribution in [-0.4, -0.2) is 5.11 Å². The van der Waals surface area contributed by atoms with Crippen LogP contribution in [0.1, 0.15) is 32.3 Å². The van der Waals surface area contributed by atoms with Gasteiger partial charge in [-0.05, 0) is 31.0 Å². The SMILES string of the molecule is CCC(N)(CC)c1c[c]ccc1O. The van der Waals surface area contributed by atoms with Gasteiger partial charge in [-0.3, -0.25) is 0 Å². The van der Waals surface area contributed by atoms with Gasteiger partial charge in [-0.1, -0.05) is 19.9 Å². The van der Waals surface area contributed by atoms with Crippen LogP contribution in [0, 0.1) is 6.07 Å². The second-order valence-corrected chi connectivity index (χ2v) is 3.31. The molecule has 0 saturated carbocycles. The van der Waals surface area contributed by atoms with E-state index in [2.05, 4.69) is 6.07 Å². The lowest BCUT2D eigenvalue weighted by atomic mass is 9.85. The molecule has 0 aliphatic rings. The van der Waals surface area contributed by atoms with Crippen molar-refractivity contribution in [3.63, 3.8) is 0 Å². The van der Waals surface area contributed by atoms with Gasteiger partial charge in [-0.15, -0.1) is 0 Å². The Balaban J connectivity index is 3.12. The third-order valence-electron chi connectivity index (χ3n) is 2.64. The molecule has 1 radical (unpaired) electrons. The number of phenols is 1. The number of nitrogens with two attached hydrogens (primary N) is 1. The molecule has 0 saturated heterocycles. The molecule has 0 aliphatic carbocycles. The van der Waals surface area contributed by atoms with Crippen molar-refractivity contribution < 1.29 is 5.11 Å². The molecule has 1 aromatic rings. The molecule has 13 heavy (non-hydrogen) atoms. The topological polar surface area (TPSA) is 46.2 Å². The maximum atomic E-state index is 9.61. The molecule has 2 nitrogen and oxygen atoms in total. The molecule has 0 unspecified atom stereocenters. The molecule has 0 aromatic heterocycles. The van der Waals surface area contributed by atoms with Crippen LogP contribution >= 0.6 is 0 Å². The summed E-state index contributed by atoms with van der Waals surface area (Å²) in [5, 5.41) is 9.61. The maximum absolute atomic E-state index is 9.61. The average Bonchev–Trinajstić information content (AvgIpc) is 2.17. The van der Waals surface area contributed by atoms with Crippen molar-refractivity contribution >= 4 is 0 Å². The lowest BCUT2D eigenvalue weighted by Crippen LogP contribution is -2.35. The van der Waals surface area contributed by atoms with E-state index in [-0.39, 0.29) is 5.75 Å². The summed E-state index contributed by atoms with van der Waals surface area (Å²) in [6.07, 6.45) is 1.63. The van der Waals surface area contributed by atoms with Crippen LogP contribution in [0.3, 0.4) is 0 Å². The van der Waals surface area contributed by atoms with Crippen LogP contribution in [-0.2, 0) is 5.54 Å². The Bertz CT molecular complexity index is 279. The predicted molar refractivity (Wildman–Crippen MR) is 53.4 cm³/mol. The Labute approximate surface area is 79.4 Å². The van der Waals surface area contributed by atoms with Crippen LogP contribution in [0.2, 0.25) is 0 Å². The van der Waals surface area contributed by atoms with E-state index in [1.807, 2.05) is 13.8 Å². The highest BCUT2D eigenvalue weighted by Crippen LogP contribution is 2.31. The Morgan fingerprint density at radius 2 is 2.08 bits per heavy atom. The molecule has 0 bridgehead atoms. The molecule has 0 fully saturated rings. The van der Waals surface area contributed by atoms with Gasteiger partial charge in [0, 0.05) is 11.1 Å². The second-order valence-electron chi connectivity index (χ2n) is 3.31. The quantitative estimate of drug-likeness (QED) is 0.745. The van der Waals surface area contributed by atoms with E-state index in [4.69, 9.17) is 5.73 Å². The number of rotatable bonds is 3. The average molecular weight is 178 g/mol. The number of phenolic OH excluding ortho intramolecular Hbond substituents is 1. The lowest BCUT2D eigenvalue weighted by Gasteiger charge is -2.27. The normalized spacial score (nSPS) is 11.6. The molecule has 71 valence electrons. The van der Waals surface area contributed by atoms with Crippen molar-refractivity contribution in [2.75, 3.05) is 0 Å². The van der Waals surface area contributed by atoms with Gasteiger partial charge in [-0.25, -0.2) is 0 Å². The van der Waals surface area contributed by atoms with E-state index in [1.165, 1.54) is 0 Å². The lowest BCUT2D eigenvalue weighted by molar-refractivity contribution is 0.380. The van der Waals surface area contributed by atoms with E-state index >= 15 is 0 Å². The van der Waals surface area contributed by atoms with E-state index in [0.717, 1.165) is 18.4 Å². The number of aromatic hydroxyl groups is 1. The van der Waals surface area contributed by atoms with Crippen molar-refractivity contribution in [1.82, 2.24) is 0 Å². The summed E-state index contributed by atoms with van der Waals surface area (Å²) in [6.45, 7) is 4.05. The monoisotopic (exact) mass is 178 g/mol. The van der Waals surface area contributed by atoms with Gasteiger partial charge >= 0.3 is 0 Å². The van der Waals surface area contributed by atoms with Crippen molar-refractivity contribution in [1.29, 1.82) is 0 Å². The van der Waals surface area contributed by atoms with E-state index < -0.39 is 5.54 Å². The summed E-state index contributed by atoms with van der Waals surface area (Å²) in [4.78, 5) is 0. The van der Waals surface area contributed by atoms with Gasteiger partial charge < -0.3 is 10.8 Å². The molecule has 2 heteroatoms. The van der Waals surface area contributed by atoms with Gasteiger partial charge in [0.2, 0.25) is 0 Å². The first kappa shape index (κ1) is 10.1. The summed E-state index contributed by atoms with van der Waals surface area (Å²) in [5.74, 6) is 0.268. The van der Waals surface area contributed by atoms with Gasteiger partial charge in [0.05, 0.1) is 0 Å². The maximum Gasteiger partial charge on any atom is 0.120 e. The first-order valence-electron chi connectivity index (χ1n) is 4.62. The van der Waals surface area contributed by atoms with Crippen LogP contribution in [0.25, 0.3) is 0 Å². The van der Waals surface area contributed by atoms with Crippen LogP contribution in [0.4, 0.5) is 0 Å². The van der Waals surface area contributed by atoms with Crippen molar-refractivity contribution in [2.24, 2.45) is 5.73 Å². The fraction of sp³-hybridized carbons (Fsp3) is 0.455. The second kappa shape index (κ2) is 3.79. The number of hydrogen-bond acceptors (Lipinski definition) is 2. The van der Waals surface area contributed by atoms with E-state index in [9.17, 15) is 5.11 Å². The summed E-state index contributed by atoms with van der Waals surface area (Å²) in [6, 6.07) is 8.01. The van der Waals surface area contributed by atoms with Gasteiger partial charge in [-0.2, -0.15) is 0 Å². The number of benzene rings is 1. The molecule has 0 aliphatic heterocycles. The first-order valence-corrected chi connectivity index (χ1v) is 4.62. The molecule has 0 atom stereocenters. The zero-order chi connectivity index (χ0) is 9.90. The van der Waals surface area contributed by atoms with Gasteiger partial charge in [0.1, 0.15) is 5.75 Å². The molecular weight excluding hydrogens is 162 g/mol. The highest BCUT2D eigenvalue weighted by molar-refractivity contribution is 5.37. The van der Waals surface area contributed by atoms with Crippen molar-refractivity contribution in [2.45, 2.75) is 32.2 Å². The Kier molecular flexibility index (Phi) is 2.94. The minimum atomic E-state index is -0.415. The highest BCUT2D eigenvalue weighted by Gasteiger charge is 2.25. The summed E-state index contributed by atoms with van der Waals surface area (Å²) in [7, 11) is 0. The molecule has 0 spiro atoms. The Morgan fingerprint density at radius 1 is 1.46 bits per heavy atom. The molecule has 3 N–H and O–H groups in total. The Morgan fingerprint density at radius 3 is 2.54 bits per heavy atom. The van der Waals surface area contributed by atoms with Gasteiger partial charge in [0.15, 0.2) is 0 Å².